The Morgan fingerprint density at radius 3 is 1.92 bits per heavy atom. The van der Waals surface area contributed by atoms with Crippen molar-refractivity contribution in [3.8, 4) is 0 Å². The number of carbonyl (C=O) groups is 6. The lowest BCUT2D eigenvalue weighted by Crippen LogP contribution is -2.49. The van der Waals surface area contributed by atoms with Gasteiger partial charge in [0.25, 0.3) is 0 Å². The van der Waals surface area contributed by atoms with Crippen LogP contribution in [0.5, 0.6) is 0 Å². The van der Waals surface area contributed by atoms with Crippen molar-refractivity contribution in [1.82, 2.24) is 21.3 Å². The van der Waals surface area contributed by atoms with E-state index >= 15 is 0 Å². The van der Waals surface area contributed by atoms with Crippen LogP contribution in [0.2, 0.25) is 0 Å². The van der Waals surface area contributed by atoms with Gasteiger partial charge in [0.1, 0.15) is 12.3 Å². The number of carbonyl (C=O) groups excluding carboxylic acids is 4. The largest absolute Gasteiger partial charge is 0.481 e. The van der Waals surface area contributed by atoms with Crippen LogP contribution in [0.3, 0.4) is 0 Å². The lowest BCUT2D eigenvalue weighted by Gasteiger charge is -2.17. The molecule has 3 aromatic carbocycles. The van der Waals surface area contributed by atoms with E-state index in [1.165, 1.54) is 59.2 Å². The number of hydrogen-bond donors (Lipinski definition) is 7. The van der Waals surface area contributed by atoms with Gasteiger partial charge in [-0.3, -0.25) is 14.4 Å². The summed E-state index contributed by atoms with van der Waals surface area (Å²) in [5.41, 5.74) is 1.38. The van der Waals surface area contributed by atoms with Gasteiger partial charge in [-0.2, -0.15) is 0 Å². The van der Waals surface area contributed by atoms with Gasteiger partial charge in [0.15, 0.2) is 0 Å². The van der Waals surface area contributed by atoms with E-state index < -0.39 is 30.1 Å². The molecule has 0 spiro atoms. The number of unbranched alkanes of at least 4 members (excludes halogenated alkanes) is 1. The van der Waals surface area contributed by atoms with Crippen LogP contribution in [0.4, 0.5) is 4.79 Å². The Morgan fingerprint density at radius 2 is 1.42 bits per heavy atom. The summed E-state index contributed by atoms with van der Waals surface area (Å²) in [5.74, 6) is -1.68. The molecule has 0 aliphatic heterocycles. The normalized spacial score (nSPS) is 13.2. The Morgan fingerprint density at radius 1 is 0.827 bits per heavy atom. The first kappa shape index (κ1) is 45.0. The van der Waals surface area contributed by atoms with Crippen LogP contribution in [-0.2, 0) is 24.0 Å². The number of rotatable bonds is 16. The zero-order valence-electron chi connectivity index (χ0n) is 30.6. The molecule has 0 saturated heterocycles. The second-order valence-corrected chi connectivity index (χ2v) is 12.6. The maximum Gasteiger partial charge on any atom is 0.326 e. The van der Waals surface area contributed by atoms with E-state index in [0.29, 0.717) is 32.1 Å². The van der Waals surface area contributed by atoms with E-state index in [-0.39, 0.29) is 38.1 Å². The smallest absolute Gasteiger partial charge is 0.326 e. The minimum atomic E-state index is -1.30. The van der Waals surface area contributed by atoms with Crippen molar-refractivity contribution >= 4 is 58.1 Å². The highest BCUT2D eigenvalue weighted by molar-refractivity contribution is 6.01. The number of nitrogens with one attached hydrogen (secondary N) is 4. The molecule has 286 valence electrons. The molecule has 4 amide bonds. The van der Waals surface area contributed by atoms with E-state index in [0.717, 1.165) is 13.0 Å². The second kappa shape index (κ2) is 26.7. The predicted molar refractivity (Wildman–Crippen MR) is 202 cm³/mol. The molecular weight excluding hydrogens is 668 g/mol. The van der Waals surface area contributed by atoms with Crippen LogP contribution in [0.15, 0.2) is 54.6 Å². The van der Waals surface area contributed by atoms with Gasteiger partial charge in [0.05, 0.1) is 12.6 Å². The number of fused-ring (bicyclic) bond motifs is 2. The minimum absolute atomic E-state index is 0.0561. The van der Waals surface area contributed by atoms with Crippen LogP contribution in [0.25, 0.3) is 21.5 Å². The molecular formula is C39H56N4O9. The number of aliphatic hydroxyl groups excluding tert-OH is 1. The summed E-state index contributed by atoms with van der Waals surface area (Å²) < 4.78 is 0. The molecule has 0 radical (unpaired) electrons. The molecule has 1 aliphatic rings. The van der Waals surface area contributed by atoms with Crippen LogP contribution in [0.1, 0.15) is 83.1 Å². The van der Waals surface area contributed by atoms with E-state index in [4.69, 9.17) is 15.3 Å². The average Bonchev–Trinajstić information content (AvgIpc) is 3.14. The van der Waals surface area contributed by atoms with Crippen molar-refractivity contribution in [2.45, 2.75) is 96.6 Å². The molecule has 0 aromatic heterocycles. The Hall–Kier alpha value is -5.04. The number of carboxylic acid groups (broad SMARTS) is 2. The molecule has 0 heterocycles. The topological polar surface area (TPSA) is 211 Å². The molecule has 13 heteroatoms. The highest BCUT2D eigenvalue weighted by atomic mass is 16.4. The van der Waals surface area contributed by atoms with Gasteiger partial charge in [-0.1, -0.05) is 87.6 Å². The van der Waals surface area contributed by atoms with Crippen molar-refractivity contribution in [1.29, 1.82) is 0 Å². The van der Waals surface area contributed by atoms with E-state index in [1.54, 1.807) is 0 Å². The van der Waals surface area contributed by atoms with Crippen LogP contribution >= 0.6 is 0 Å². The molecule has 1 fully saturated rings. The first-order valence-electron chi connectivity index (χ1n) is 17.8. The molecule has 1 aliphatic carbocycles. The third kappa shape index (κ3) is 18.3. The highest BCUT2D eigenvalue weighted by Gasteiger charge is 2.21. The number of hydrogen-bond acceptors (Lipinski definition) is 7. The number of benzene rings is 3. The third-order valence-electron chi connectivity index (χ3n) is 8.51. The van der Waals surface area contributed by atoms with Crippen LogP contribution < -0.4 is 21.3 Å². The van der Waals surface area contributed by atoms with Gasteiger partial charge >= 0.3 is 18.0 Å². The Balaban J connectivity index is 0.000000458. The number of carboxylic acids is 2. The van der Waals surface area contributed by atoms with Crippen molar-refractivity contribution in [3.05, 3.63) is 60.2 Å². The highest BCUT2D eigenvalue weighted by Crippen LogP contribution is 2.27. The van der Waals surface area contributed by atoms with Crippen molar-refractivity contribution in [2.75, 3.05) is 20.2 Å². The molecule has 7 N–H and O–H groups in total. The average molecular weight is 725 g/mol. The molecule has 3 aromatic rings. The fraction of sp³-hybridized carbons (Fsp3) is 0.487. The van der Waals surface area contributed by atoms with E-state index in [2.05, 4.69) is 89.7 Å². The van der Waals surface area contributed by atoms with Crippen LogP contribution in [-0.4, -0.2) is 84.2 Å². The van der Waals surface area contributed by atoms with Crippen LogP contribution in [0, 0.1) is 12.8 Å². The van der Waals surface area contributed by atoms with Gasteiger partial charge in [0.2, 0.25) is 12.3 Å². The summed E-state index contributed by atoms with van der Waals surface area (Å²) in [7, 11) is 1.00. The molecule has 0 bridgehead atoms. The lowest BCUT2D eigenvalue weighted by molar-refractivity contribution is -0.140. The molecule has 2 atom stereocenters. The first-order chi connectivity index (χ1) is 25.0. The standard InChI is InChI=1S/C16H26N4O8.C15H12.C7H14.CH4O/c21-9-11(4-1-2-7-18-13(23)8-17-10-22)19-16(28)20-12(15(26)27)5-3-6-14(24)25;1-11-14-8-4-2-6-12(14)10-13-7-3-5-9-15(11)13;1-7-5-3-2-4-6-7;1-2/h9-12H,1-8H2,(H,17,22)(H,18,23)(H,24,25)(H,26,27)(H2,19,20,28);2-10H,1H3;7H,2-6H2,1H3;2H,1H3/t11-,12-;;;/m0.../s1. The predicted octanol–water partition coefficient (Wildman–Crippen LogP) is 5.09. The number of aryl methyl sites for hydroxylation is 1. The van der Waals surface area contributed by atoms with E-state index in [9.17, 15) is 28.8 Å². The van der Waals surface area contributed by atoms with Gasteiger partial charge in [-0.05, 0) is 78.1 Å². The monoisotopic (exact) mass is 724 g/mol. The molecule has 0 unspecified atom stereocenters. The minimum Gasteiger partial charge on any atom is -0.481 e. The zero-order chi connectivity index (χ0) is 38.7. The summed E-state index contributed by atoms with van der Waals surface area (Å²) in [5, 5.41) is 39.3. The zero-order valence-corrected chi connectivity index (χ0v) is 30.6. The number of urea groups is 1. The third-order valence-corrected chi connectivity index (χ3v) is 8.51. The summed E-state index contributed by atoms with van der Waals surface area (Å²) >= 11 is 0. The maximum absolute atomic E-state index is 11.8. The Labute approximate surface area is 305 Å². The number of amides is 4. The lowest BCUT2D eigenvalue weighted by atomic mass is 9.91. The second-order valence-electron chi connectivity index (χ2n) is 12.6. The van der Waals surface area contributed by atoms with E-state index in [1.807, 2.05) is 0 Å². The Bertz CT molecular complexity index is 1490. The quantitative estimate of drug-likeness (QED) is 0.0595. The molecule has 13 nitrogen and oxygen atoms in total. The van der Waals surface area contributed by atoms with Crippen molar-refractivity contribution in [3.63, 3.8) is 0 Å². The van der Waals surface area contributed by atoms with Gasteiger partial charge in [-0.15, -0.1) is 0 Å². The maximum atomic E-state index is 11.8. The molecule has 1 saturated carbocycles. The number of aliphatic carboxylic acids is 2. The fourth-order valence-electron chi connectivity index (χ4n) is 5.72. The fourth-order valence-corrected chi connectivity index (χ4v) is 5.72. The van der Waals surface area contributed by atoms with Gasteiger partial charge < -0.3 is 41.4 Å². The molecule has 52 heavy (non-hydrogen) atoms. The SMILES string of the molecule is CC1CCCCC1.CO.Cc1c2ccccc2cc2ccccc12.O=CNCC(=O)NCCCC[C@@H](C=O)NC(=O)N[C@@H](CCCC(=O)O)C(=O)O. The summed E-state index contributed by atoms with van der Waals surface area (Å²) in [6.07, 6.45) is 9.50. The van der Waals surface area contributed by atoms with Crippen molar-refractivity contribution < 1.29 is 44.1 Å². The first-order valence-corrected chi connectivity index (χ1v) is 17.8. The summed E-state index contributed by atoms with van der Waals surface area (Å²) in [6.45, 7) is 4.77. The van der Waals surface area contributed by atoms with Crippen molar-refractivity contribution in [2.24, 2.45) is 5.92 Å². The summed E-state index contributed by atoms with van der Waals surface area (Å²) in [6, 6.07) is 16.5. The van der Waals surface area contributed by atoms with Gasteiger partial charge in [-0.25, -0.2) is 9.59 Å². The number of aldehydes is 1. The number of aliphatic hydroxyl groups is 1. The molecule has 4 rings (SSSR count). The summed E-state index contributed by atoms with van der Waals surface area (Å²) in [4.78, 5) is 65.8. The van der Waals surface area contributed by atoms with Gasteiger partial charge in [0, 0.05) is 20.1 Å². The Kier molecular flexibility index (Phi) is 23.1.